The van der Waals surface area contributed by atoms with Gasteiger partial charge in [-0.3, -0.25) is 4.21 Å². The first kappa shape index (κ1) is 16.9. The largest absolute Gasteiger partial charge is 0.394 e. The second kappa shape index (κ2) is 7.68. The van der Waals surface area contributed by atoms with Crippen LogP contribution in [0.2, 0.25) is 0 Å². The fourth-order valence-electron chi connectivity index (χ4n) is 2.52. The number of rotatable bonds is 7. The molecule has 0 amide bonds. The van der Waals surface area contributed by atoms with Crippen molar-refractivity contribution in [3.8, 4) is 0 Å². The first-order chi connectivity index (χ1) is 10.6. The van der Waals surface area contributed by atoms with Gasteiger partial charge in [0.05, 0.1) is 12.1 Å². The molecular weight excluding hydrogens is 294 g/mol. The second-order valence-electron chi connectivity index (χ2n) is 5.41. The lowest BCUT2D eigenvalue weighted by Gasteiger charge is -2.33. The van der Waals surface area contributed by atoms with E-state index in [0.717, 1.165) is 22.4 Å². The van der Waals surface area contributed by atoms with Crippen LogP contribution in [-0.4, -0.2) is 22.2 Å². The fourth-order valence-corrected chi connectivity index (χ4v) is 3.04. The minimum absolute atomic E-state index is 0.0462. The molecule has 2 aromatic carbocycles. The van der Waals surface area contributed by atoms with Crippen LogP contribution in [0.4, 0.5) is 0 Å². The molecule has 3 nitrogen and oxygen atoms in total. The van der Waals surface area contributed by atoms with Crippen molar-refractivity contribution in [2.45, 2.75) is 30.3 Å². The third-order valence-electron chi connectivity index (χ3n) is 4.09. The third kappa shape index (κ3) is 3.83. The van der Waals surface area contributed by atoms with Crippen LogP contribution in [0.15, 0.2) is 59.5 Å². The standard InChI is InChI=1S/C18H23NO2S/c1-3-18(14-20,16-7-5-4-6-8-16)19-13-15-9-11-17(12-10-15)22(2)21/h4-12,19-20H,3,13-14H2,1-2H3/t18-,22+/m0/s1. The van der Waals surface area contributed by atoms with Crippen LogP contribution < -0.4 is 5.32 Å². The van der Waals surface area contributed by atoms with Gasteiger partial charge in [0, 0.05) is 28.5 Å². The molecule has 0 aromatic heterocycles. The van der Waals surface area contributed by atoms with Crippen molar-refractivity contribution in [3.05, 3.63) is 65.7 Å². The van der Waals surface area contributed by atoms with Crippen LogP contribution >= 0.6 is 0 Å². The molecule has 0 unspecified atom stereocenters. The van der Waals surface area contributed by atoms with E-state index in [2.05, 4.69) is 12.2 Å². The summed E-state index contributed by atoms with van der Waals surface area (Å²) in [4.78, 5) is 0.829. The van der Waals surface area contributed by atoms with E-state index < -0.39 is 16.3 Å². The van der Waals surface area contributed by atoms with Gasteiger partial charge in [-0.15, -0.1) is 0 Å². The molecule has 4 heteroatoms. The van der Waals surface area contributed by atoms with E-state index in [1.54, 1.807) is 6.26 Å². The molecule has 0 spiro atoms. The highest BCUT2D eigenvalue weighted by atomic mass is 32.2. The predicted molar refractivity (Wildman–Crippen MR) is 91.1 cm³/mol. The molecule has 0 aliphatic carbocycles. The van der Waals surface area contributed by atoms with Crippen LogP contribution in [0.1, 0.15) is 24.5 Å². The Hall–Kier alpha value is -1.49. The van der Waals surface area contributed by atoms with Gasteiger partial charge >= 0.3 is 0 Å². The van der Waals surface area contributed by atoms with Crippen molar-refractivity contribution < 1.29 is 9.32 Å². The summed E-state index contributed by atoms with van der Waals surface area (Å²) in [6.45, 7) is 2.77. The monoisotopic (exact) mass is 317 g/mol. The predicted octanol–water partition coefficient (Wildman–Crippen LogP) is 2.81. The Balaban J connectivity index is 2.14. The van der Waals surface area contributed by atoms with Crippen molar-refractivity contribution in [1.82, 2.24) is 5.32 Å². The number of benzene rings is 2. The van der Waals surface area contributed by atoms with Crippen molar-refractivity contribution >= 4 is 10.8 Å². The van der Waals surface area contributed by atoms with E-state index in [0.29, 0.717) is 6.54 Å². The molecule has 0 aliphatic heterocycles. The molecule has 2 aromatic rings. The van der Waals surface area contributed by atoms with E-state index in [1.165, 1.54) is 0 Å². The SMILES string of the molecule is CC[C@@](CO)(NCc1ccc([S@@](C)=O)cc1)c1ccccc1. The Labute approximate surface area is 134 Å². The van der Waals surface area contributed by atoms with E-state index in [1.807, 2.05) is 54.6 Å². The summed E-state index contributed by atoms with van der Waals surface area (Å²) in [5, 5.41) is 13.4. The summed E-state index contributed by atoms with van der Waals surface area (Å²) in [5.41, 5.74) is 1.76. The Morgan fingerprint density at radius 2 is 1.73 bits per heavy atom. The molecular formula is C18H23NO2S. The van der Waals surface area contributed by atoms with Crippen molar-refractivity contribution in [2.24, 2.45) is 0 Å². The first-order valence-corrected chi connectivity index (χ1v) is 9.01. The van der Waals surface area contributed by atoms with Crippen molar-refractivity contribution in [1.29, 1.82) is 0 Å². The normalized spacial score (nSPS) is 15.2. The summed E-state index contributed by atoms with van der Waals surface area (Å²) in [5.74, 6) is 0. The Kier molecular flexibility index (Phi) is 5.89. The van der Waals surface area contributed by atoms with E-state index in [9.17, 15) is 9.32 Å². The molecule has 2 atom stereocenters. The maximum Gasteiger partial charge on any atom is 0.0669 e. The van der Waals surface area contributed by atoms with Crippen LogP contribution in [0.25, 0.3) is 0 Å². The van der Waals surface area contributed by atoms with Crippen LogP contribution in [0.5, 0.6) is 0 Å². The third-order valence-corrected chi connectivity index (χ3v) is 5.02. The summed E-state index contributed by atoms with van der Waals surface area (Å²) in [7, 11) is -0.952. The van der Waals surface area contributed by atoms with Gasteiger partial charge in [0.15, 0.2) is 0 Å². The molecule has 0 radical (unpaired) electrons. The summed E-state index contributed by atoms with van der Waals surface area (Å²) in [6, 6.07) is 17.8. The van der Waals surface area contributed by atoms with Gasteiger partial charge in [-0.2, -0.15) is 0 Å². The van der Waals surface area contributed by atoms with Gasteiger partial charge in [0.25, 0.3) is 0 Å². The summed E-state index contributed by atoms with van der Waals surface area (Å²) < 4.78 is 11.4. The lowest BCUT2D eigenvalue weighted by Crippen LogP contribution is -2.44. The smallest absolute Gasteiger partial charge is 0.0669 e. The van der Waals surface area contributed by atoms with Gasteiger partial charge in [0.1, 0.15) is 0 Å². The van der Waals surface area contributed by atoms with Gasteiger partial charge in [0.2, 0.25) is 0 Å². The maximum atomic E-state index is 11.4. The topological polar surface area (TPSA) is 49.3 Å². The van der Waals surface area contributed by atoms with E-state index >= 15 is 0 Å². The zero-order chi connectivity index (χ0) is 16.0. The average molecular weight is 317 g/mol. The number of nitrogens with one attached hydrogen (secondary N) is 1. The molecule has 118 valence electrons. The van der Waals surface area contributed by atoms with Crippen LogP contribution in [-0.2, 0) is 22.9 Å². The van der Waals surface area contributed by atoms with Crippen molar-refractivity contribution in [3.63, 3.8) is 0 Å². The second-order valence-corrected chi connectivity index (χ2v) is 6.79. The average Bonchev–Trinajstić information content (AvgIpc) is 2.57. The van der Waals surface area contributed by atoms with E-state index in [4.69, 9.17) is 0 Å². The van der Waals surface area contributed by atoms with Gasteiger partial charge in [-0.1, -0.05) is 49.4 Å². The number of aliphatic hydroxyl groups excluding tert-OH is 1. The highest BCUT2D eigenvalue weighted by Crippen LogP contribution is 2.25. The minimum atomic E-state index is -0.952. The van der Waals surface area contributed by atoms with Gasteiger partial charge < -0.3 is 10.4 Å². The molecule has 22 heavy (non-hydrogen) atoms. The first-order valence-electron chi connectivity index (χ1n) is 7.45. The highest BCUT2D eigenvalue weighted by Gasteiger charge is 2.28. The number of aliphatic hydroxyl groups is 1. The Bertz CT molecular complexity index is 607. The summed E-state index contributed by atoms with van der Waals surface area (Å²) in [6.07, 6.45) is 2.47. The molecule has 2 rings (SSSR count). The van der Waals surface area contributed by atoms with E-state index in [-0.39, 0.29) is 6.61 Å². The molecule has 0 bridgehead atoms. The zero-order valence-electron chi connectivity index (χ0n) is 13.1. The van der Waals surface area contributed by atoms with Gasteiger partial charge in [-0.05, 0) is 29.7 Å². The highest BCUT2D eigenvalue weighted by molar-refractivity contribution is 7.84. The Morgan fingerprint density at radius 3 is 2.23 bits per heavy atom. The quantitative estimate of drug-likeness (QED) is 0.825. The molecule has 0 fully saturated rings. The fraction of sp³-hybridized carbons (Fsp3) is 0.333. The number of hydrogen-bond donors (Lipinski definition) is 2. The molecule has 0 saturated carbocycles. The molecule has 0 aliphatic rings. The molecule has 2 N–H and O–H groups in total. The molecule has 0 heterocycles. The van der Waals surface area contributed by atoms with Gasteiger partial charge in [-0.25, -0.2) is 0 Å². The summed E-state index contributed by atoms with van der Waals surface area (Å²) >= 11 is 0. The van der Waals surface area contributed by atoms with Crippen LogP contribution in [0.3, 0.4) is 0 Å². The Morgan fingerprint density at radius 1 is 1.09 bits per heavy atom. The number of hydrogen-bond acceptors (Lipinski definition) is 3. The van der Waals surface area contributed by atoms with Crippen molar-refractivity contribution in [2.75, 3.05) is 12.9 Å². The minimum Gasteiger partial charge on any atom is -0.394 e. The lowest BCUT2D eigenvalue weighted by atomic mass is 9.87. The van der Waals surface area contributed by atoms with Crippen LogP contribution in [0, 0.1) is 0 Å². The lowest BCUT2D eigenvalue weighted by molar-refractivity contribution is 0.154. The maximum absolute atomic E-state index is 11.4. The zero-order valence-corrected chi connectivity index (χ0v) is 13.9. The molecule has 0 saturated heterocycles.